The third-order valence-corrected chi connectivity index (χ3v) is 8.22. The Kier molecular flexibility index (Phi) is 3.84. The second-order valence-corrected chi connectivity index (χ2v) is 9.68. The molecule has 0 aromatic rings. The molecule has 6 fully saturated rings. The van der Waals surface area contributed by atoms with Crippen molar-refractivity contribution in [2.24, 2.45) is 17.8 Å². The lowest BCUT2D eigenvalue weighted by Crippen LogP contribution is -2.52. The second kappa shape index (κ2) is 6.18. The summed E-state index contributed by atoms with van der Waals surface area (Å²) in [6.45, 7) is 2.41. The summed E-state index contributed by atoms with van der Waals surface area (Å²) in [4.78, 5) is 30.6. The van der Waals surface area contributed by atoms with E-state index in [1.165, 1.54) is 0 Å². The highest BCUT2D eigenvalue weighted by atomic mass is 16.5. The molecule has 0 unspecified atom stereocenters. The Morgan fingerprint density at radius 1 is 0.778 bits per heavy atom. The van der Waals surface area contributed by atoms with Gasteiger partial charge in [-0.25, -0.2) is 0 Å². The normalized spacial score (nSPS) is 47.7. The number of rotatable bonds is 2. The molecule has 6 heterocycles. The molecule has 2 amide bonds. The van der Waals surface area contributed by atoms with E-state index in [1.807, 2.05) is 0 Å². The lowest BCUT2D eigenvalue weighted by Gasteiger charge is -2.39. The first-order valence-electron chi connectivity index (χ1n) is 11.1. The Morgan fingerprint density at radius 2 is 1.44 bits per heavy atom. The van der Waals surface area contributed by atoms with E-state index in [1.54, 1.807) is 0 Å². The predicted octanol–water partition coefficient (Wildman–Crippen LogP) is 1.57. The van der Waals surface area contributed by atoms with Gasteiger partial charge < -0.3 is 19.3 Å². The molecule has 8 atom stereocenters. The second-order valence-electron chi connectivity index (χ2n) is 9.68. The summed E-state index contributed by atoms with van der Waals surface area (Å²) in [6.07, 6.45) is 9.24. The molecule has 0 aliphatic carbocycles. The van der Waals surface area contributed by atoms with Crippen molar-refractivity contribution in [3.8, 4) is 0 Å². The van der Waals surface area contributed by atoms with Crippen LogP contribution < -0.4 is 0 Å². The third-order valence-electron chi connectivity index (χ3n) is 8.22. The van der Waals surface area contributed by atoms with E-state index >= 15 is 0 Å². The maximum atomic E-state index is 13.3. The molecule has 0 radical (unpaired) electrons. The smallest absolute Gasteiger partial charge is 0.228 e. The van der Waals surface area contributed by atoms with Gasteiger partial charge >= 0.3 is 0 Å². The van der Waals surface area contributed by atoms with Crippen LogP contribution >= 0.6 is 0 Å². The van der Waals surface area contributed by atoms with Crippen molar-refractivity contribution >= 4 is 11.8 Å². The summed E-state index contributed by atoms with van der Waals surface area (Å²) in [6, 6.07) is 0.217. The molecule has 6 nitrogen and oxygen atoms in total. The van der Waals surface area contributed by atoms with Crippen molar-refractivity contribution < 1.29 is 19.1 Å². The van der Waals surface area contributed by atoms with Gasteiger partial charge in [0.1, 0.15) is 0 Å². The molecule has 0 N–H and O–H groups in total. The summed E-state index contributed by atoms with van der Waals surface area (Å²) < 4.78 is 11.9. The minimum Gasteiger partial charge on any atom is -0.374 e. The summed E-state index contributed by atoms with van der Waals surface area (Å²) in [7, 11) is 0. The number of piperidine rings is 1. The summed E-state index contributed by atoms with van der Waals surface area (Å²) >= 11 is 0. The summed E-state index contributed by atoms with van der Waals surface area (Å²) in [5.41, 5.74) is 0. The van der Waals surface area contributed by atoms with Crippen LogP contribution in [0.5, 0.6) is 0 Å². The molecule has 6 aliphatic rings. The number of fused-ring (bicyclic) bond motifs is 5. The number of nitrogens with zero attached hydrogens (tertiary/aromatic N) is 2. The highest BCUT2D eigenvalue weighted by Gasteiger charge is 2.51. The Morgan fingerprint density at radius 3 is 2.04 bits per heavy atom. The van der Waals surface area contributed by atoms with Crippen LogP contribution in [0, 0.1) is 17.8 Å². The van der Waals surface area contributed by atoms with E-state index in [0.717, 1.165) is 71.0 Å². The SMILES string of the molecule is O=C([C@@H]1C[C@H]2CC[C@@H]1O2)N1C[C@@H]2CCCN(C(=O)[C@@H]3C[C@H]4CC[C@@H]3O4)[C@@H]2C1. The molecule has 0 spiro atoms. The summed E-state index contributed by atoms with van der Waals surface area (Å²) in [5.74, 6) is 1.16. The molecule has 6 saturated heterocycles. The summed E-state index contributed by atoms with van der Waals surface area (Å²) in [5, 5.41) is 0. The lowest BCUT2D eigenvalue weighted by atomic mass is 9.85. The van der Waals surface area contributed by atoms with Gasteiger partial charge in [-0.15, -0.1) is 0 Å². The fraction of sp³-hybridized carbons (Fsp3) is 0.905. The average molecular weight is 374 g/mol. The van der Waals surface area contributed by atoms with Crippen LogP contribution in [0.25, 0.3) is 0 Å². The van der Waals surface area contributed by atoms with E-state index in [9.17, 15) is 9.59 Å². The largest absolute Gasteiger partial charge is 0.374 e. The molecular weight excluding hydrogens is 344 g/mol. The van der Waals surface area contributed by atoms with Crippen molar-refractivity contribution in [3.63, 3.8) is 0 Å². The molecule has 6 heteroatoms. The maximum Gasteiger partial charge on any atom is 0.228 e. The van der Waals surface area contributed by atoms with Crippen molar-refractivity contribution in [1.82, 2.24) is 9.80 Å². The van der Waals surface area contributed by atoms with E-state index in [0.29, 0.717) is 24.0 Å². The first-order chi connectivity index (χ1) is 13.2. The Bertz CT molecular complexity index is 654. The molecule has 4 bridgehead atoms. The van der Waals surface area contributed by atoms with Crippen LogP contribution in [0.1, 0.15) is 51.4 Å². The highest BCUT2D eigenvalue weighted by Crippen LogP contribution is 2.43. The highest BCUT2D eigenvalue weighted by molar-refractivity contribution is 5.82. The number of amides is 2. The minimum absolute atomic E-state index is 0.0613. The van der Waals surface area contributed by atoms with Crippen LogP contribution in [0.4, 0.5) is 0 Å². The molecule has 27 heavy (non-hydrogen) atoms. The van der Waals surface area contributed by atoms with Crippen molar-refractivity contribution in [1.29, 1.82) is 0 Å². The molecule has 6 rings (SSSR count). The third kappa shape index (κ3) is 2.59. The molecule has 6 aliphatic heterocycles. The van der Waals surface area contributed by atoms with E-state index < -0.39 is 0 Å². The zero-order valence-electron chi connectivity index (χ0n) is 15.9. The molecule has 148 valence electrons. The number of hydrogen-bond donors (Lipinski definition) is 0. The van der Waals surface area contributed by atoms with Gasteiger partial charge in [-0.1, -0.05) is 0 Å². The van der Waals surface area contributed by atoms with E-state index in [2.05, 4.69) is 9.80 Å². The van der Waals surface area contributed by atoms with Gasteiger partial charge in [0.25, 0.3) is 0 Å². The minimum atomic E-state index is 0.0613. The topological polar surface area (TPSA) is 59.1 Å². The quantitative estimate of drug-likeness (QED) is 0.736. The van der Waals surface area contributed by atoms with Gasteiger partial charge in [-0.2, -0.15) is 0 Å². The zero-order valence-corrected chi connectivity index (χ0v) is 15.9. The number of hydrogen-bond acceptors (Lipinski definition) is 4. The molecule has 0 aromatic carbocycles. The lowest BCUT2D eigenvalue weighted by molar-refractivity contribution is -0.142. The first kappa shape index (κ1) is 16.8. The fourth-order valence-corrected chi connectivity index (χ4v) is 6.88. The maximum absolute atomic E-state index is 13.3. The molecular formula is C21H30N2O4. The Hall–Kier alpha value is -1.14. The number of carbonyl (C=O) groups excluding carboxylic acids is 2. The van der Waals surface area contributed by atoms with Crippen LogP contribution in [0.3, 0.4) is 0 Å². The predicted molar refractivity (Wildman–Crippen MR) is 96.8 cm³/mol. The Labute approximate surface area is 160 Å². The number of ether oxygens (including phenoxy) is 2. The number of likely N-dealkylation sites (tertiary alicyclic amines) is 2. The monoisotopic (exact) mass is 374 g/mol. The Balaban J connectivity index is 1.15. The average Bonchev–Trinajstić information content (AvgIpc) is 3.50. The van der Waals surface area contributed by atoms with Gasteiger partial charge in [0.05, 0.1) is 42.3 Å². The van der Waals surface area contributed by atoms with Gasteiger partial charge in [-0.05, 0) is 57.3 Å². The molecule has 0 saturated carbocycles. The van der Waals surface area contributed by atoms with Gasteiger partial charge in [0.15, 0.2) is 0 Å². The van der Waals surface area contributed by atoms with Gasteiger partial charge in [0.2, 0.25) is 11.8 Å². The van der Waals surface area contributed by atoms with Crippen LogP contribution in [-0.4, -0.2) is 71.7 Å². The van der Waals surface area contributed by atoms with Crippen LogP contribution in [-0.2, 0) is 19.1 Å². The van der Waals surface area contributed by atoms with Gasteiger partial charge in [0, 0.05) is 19.6 Å². The zero-order chi connectivity index (χ0) is 18.1. The van der Waals surface area contributed by atoms with Crippen molar-refractivity contribution in [2.45, 2.75) is 81.8 Å². The first-order valence-corrected chi connectivity index (χ1v) is 11.1. The van der Waals surface area contributed by atoms with Crippen molar-refractivity contribution in [2.75, 3.05) is 19.6 Å². The standard InChI is InChI=1S/C21H30N2O4/c24-20(15-8-13-3-5-18(15)26-13)22-10-12-2-1-7-23(17(12)11-22)21(25)16-9-14-4-6-19(16)27-14/h12-19H,1-11H2/t12-,13+,14+,15+,16+,17+,18-,19-/m0/s1. The van der Waals surface area contributed by atoms with E-state index in [4.69, 9.17) is 9.47 Å². The van der Waals surface area contributed by atoms with Gasteiger partial charge in [-0.3, -0.25) is 9.59 Å². The van der Waals surface area contributed by atoms with Crippen LogP contribution in [0.2, 0.25) is 0 Å². The fourth-order valence-electron chi connectivity index (χ4n) is 6.88. The van der Waals surface area contributed by atoms with E-state index in [-0.39, 0.29) is 36.0 Å². The number of carbonyl (C=O) groups is 2. The molecule has 0 aromatic heterocycles. The van der Waals surface area contributed by atoms with Crippen LogP contribution in [0.15, 0.2) is 0 Å². The van der Waals surface area contributed by atoms with Crippen molar-refractivity contribution in [3.05, 3.63) is 0 Å².